The lowest BCUT2D eigenvalue weighted by Gasteiger charge is -2.04. The van der Waals surface area contributed by atoms with E-state index in [9.17, 15) is 14.0 Å². The summed E-state index contributed by atoms with van der Waals surface area (Å²) < 4.78 is 12.8. The molecule has 1 aromatic rings. The number of amides is 1. The van der Waals surface area contributed by atoms with Gasteiger partial charge < -0.3 is 10.4 Å². The van der Waals surface area contributed by atoms with Gasteiger partial charge in [0.1, 0.15) is 12.4 Å². The first-order valence-corrected chi connectivity index (χ1v) is 4.79. The van der Waals surface area contributed by atoms with E-state index in [1.807, 2.05) is 0 Å². The highest BCUT2D eigenvalue weighted by molar-refractivity contribution is 6.31. The van der Waals surface area contributed by atoms with Crippen LogP contribution in [0.3, 0.4) is 0 Å². The van der Waals surface area contributed by atoms with Crippen LogP contribution in [0.1, 0.15) is 5.56 Å². The fourth-order valence-electron chi connectivity index (χ4n) is 1.09. The second-order valence-electron chi connectivity index (χ2n) is 3.08. The largest absolute Gasteiger partial charge is 0.480 e. The number of halogens is 2. The Kier molecular flexibility index (Phi) is 4.25. The number of nitrogens with one attached hydrogen (secondary N) is 1. The normalized spacial score (nSPS) is 9.88. The second-order valence-corrected chi connectivity index (χ2v) is 3.49. The number of hydrogen-bond donors (Lipinski definition) is 2. The zero-order chi connectivity index (χ0) is 12.1. The van der Waals surface area contributed by atoms with Gasteiger partial charge in [0.15, 0.2) is 0 Å². The Balaban J connectivity index is 2.62. The number of carbonyl (C=O) groups excluding carboxylic acids is 1. The smallest absolute Gasteiger partial charge is 0.322 e. The van der Waals surface area contributed by atoms with Crippen LogP contribution in [0, 0.1) is 5.82 Å². The minimum absolute atomic E-state index is 0.149. The topological polar surface area (TPSA) is 66.4 Å². The summed E-state index contributed by atoms with van der Waals surface area (Å²) in [7, 11) is 0. The average molecular weight is 246 g/mol. The molecule has 2 N–H and O–H groups in total. The van der Waals surface area contributed by atoms with E-state index < -0.39 is 24.2 Å². The molecule has 0 atom stereocenters. The molecule has 1 aromatic carbocycles. The average Bonchev–Trinajstić information content (AvgIpc) is 2.20. The molecule has 0 bridgehead atoms. The predicted octanol–water partition coefficient (Wildman–Crippen LogP) is 1.22. The number of hydrogen-bond acceptors (Lipinski definition) is 2. The summed E-state index contributed by atoms with van der Waals surface area (Å²) >= 11 is 5.74. The number of carbonyl (C=O) groups is 2. The fourth-order valence-corrected chi connectivity index (χ4v) is 1.27. The first-order chi connectivity index (χ1) is 7.49. The molecular weight excluding hydrogens is 237 g/mol. The van der Waals surface area contributed by atoms with Crippen LogP contribution in [0.5, 0.6) is 0 Å². The fraction of sp³-hybridized carbons (Fsp3) is 0.200. The van der Waals surface area contributed by atoms with Crippen molar-refractivity contribution in [3.63, 3.8) is 0 Å². The first kappa shape index (κ1) is 12.4. The van der Waals surface area contributed by atoms with Gasteiger partial charge in [-0.05, 0) is 23.8 Å². The molecule has 0 aliphatic heterocycles. The maximum atomic E-state index is 12.8. The molecular formula is C10H9ClFNO3. The number of carboxylic acid groups (broad SMARTS) is 1. The van der Waals surface area contributed by atoms with Crippen molar-refractivity contribution in [2.45, 2.75) is 6.42 Å². The minimum Gasteiger partial charge on any atom is -0.480 e. The van der Waals surface area contributed by atoms with E-state index in [4.69, 9.17) is 16.7 Å². The van der Waals surface area contributed by atoms with Gasteiger partial charge in [0.2, 0.25) is 5.91 Å². The van der Waals surface area contributed by atoms with Gasteiger partial charge in [0, 0.05) is 5.02 Å². The predicted molar refractivity (Wildman–Crippen MR) is 55.8 cm³/mol. The second kappa shape index (κ2) is 5.46. The van der Waals surface area contributed by atoms with Crippen molar-refractivity contribution in [2.24, 2.45) is 0 Å². The Morgan fingerprint density at radius 2 is 2.12 bits per heavy atom. The lowest BCUT2D eigenvalue weighted by atomic mass is 10.1. The number of benzene rings is 1. The molecule has 0 fully saturated rings. The van der Waals surface area contributed by atoms with Gasteiger partial charge in [-0.25, -0.2) is 4.39 Å². The molecule has 0 aromatic heterocycles. The Morgan fingerprint density at radius 1 is 1.44 bits per heavy atom. The zero-order valence-corrected chi connectivity index (χ0v) is 8.92. The molecule has 0 spiro atoms. The summed E-state index contributed by atoms with van der Waals surface area (Å²) in [5, 5.41) is 10.8. The molecule has 0 radical (unpaired) electrons. The van der Waals surface area contributed by atoms with E-state index in [1.54, 1.807) is 0 Å². The molecule has 1 rings (SSSR count). The maximum Gasteiger partial charge on any atom is 0.322 e. The first-order valence-electron chi connectivity index (χ1n) is 4.41. The van der Waals surface area contributed by atoms with Crippen LogP contribution in [-0.4, -0.2) is 23.5 Å². The molecule has 16 heavy (non-hydrogen) atoms. The Bertz CT molecular complexity index is 423. The van der Waals surface area contributed by atoms with E-state index in [0.717, 1.165) is 6.07 Å². The Morgan fingerprint density at radius 3 is 2.75 bits per heavy atom. The molecule has 4 nitrogen and oxygen atoms in total. The van der Waals surface area contributed by atoms with Crippen molar-refractivity contribution in [1.82, 2.24) is 5.32 Å². The lowest BCUT2D eigenvalue weighted by Crippen LogP contribution is -2.30. The van der Waals surface area contributed by atoms with Gasteiger partial charge in [-0.3, -0.25) is 9.59 Å². The van der Waals surface area contributed by atoms with Crippen molar-refractivity contribution in [1.29, 1.82) is 0 Å². The van der Waals surface area contributed by atoms with Crippen molar-refractivity contribution in [2.75, 3.05) is 6.54 Å². The molecule has 0 aliphatic rings. The third-order valence-corrected chi connectivity index (χ3v) is 2.16. The Hall–Kier alpha value is -1.62. The van der Waals surface area contributed by atoms with Gasteiger partial charge in [-0.1, -0.05) is 11.6 Å². The minimum atomic E-state index is -1.14. The van der Waals surface area contributed by atoms with Crippen LogP contribution in [0.25, 0.3) is 0 Å². The van der Waals surface area contributed by atoms with E-state index in [1.165, 1.54) is 12.1 Å². The molecule has 86 valence electrons. The van der Waals surface area contributed by atoms with Gasteiger partial charge in [0.25, 0.3) is 0 Å². The standard InChI is InChI=1S/C10H9ClFNO3/c11-8-2-1-7(12)3-6(8)4-9(14)13-5-10(15)16/h1-3H,4-5H2,(H,13,14)(H,15,16). The van der Waals surface area contributed by atoms with Crippen molar-refractivity contribution >= 4 is 23.5 Å². The summed E-state index contributed by atoms with van der Waals surface area (Å²) in [5.74, 6) is -2.15. The molecule has 0 saturated carbocycles. The van der Waals surface area contributed by atoms with Gasteiger partial charge in [0.05, 0.1) is 6.42 Å². The Labute approximate surface area is 96.0 Å². The van der Waals surface area contributed by atoms with E-state index in [0.29, 0.717) is 5.56 Å². The molecule has 0 saturated heterocycles. The summed E-state index contributed by atoms with van der Waals surface area (Å²) in [6.07, 6.45) is -0.149. The molecule has 0 aliphatic carbocycles. The maximum absolute atomic E-state index is 12.8. The SMILES string of the molecule is O=C(O)CNC(=O)Cc1cc(F)ccc1Cl. The van der Waals surface area contributed by atoms with Gasteiger partial charge in [-0.2, -0.15) is 0 Å². The molecule has 6 heteroatoms. The lowest BCUT2D eigenvalue weighted by molar-refractivity contribution is -0.137. The molecule has 0 unspecified atom stereocenters. The van der Waals surface area contributed by atoms with Crippen molar-refractivity contribution < 1.29 is 19.1 Å². The van der Waals surface area contributed by atoms with Gasteiger partial charge in [-0.15, -0.1) is 0 Å². The van der Waals surface area contributed by atoms with Crippen LogP contribution in [-0.2, 0) is 16.0 Å². The quantitative estimate of drug-likeness (QED) is 0.838. The van der Waals surface area contributed by atoms with Crippen molar-refractivity contribution in [3.05, 3.63) is 34.6 Å². The van der Waals surface area contributed by atoms with E-state index >= 15 is 0 Å². The summed E-state index contributed by atoms with van der Waals surface area (Å²) in [6.45, 7) is -0.466. The van der Waals surface area contributed by atoms with Gasteiger partial charge >= 0.3 is 5.97 Å². The van der Waals surface area contributed by atoms with Crippen LogP contribution in [0.15, 0.2) is 18.2 Å². The highest BCUT2D eigenvalue weighted by Gasteiger charge is 2.09. The number of rotatable bonds is 4. The van der Waals surface area contributed by atoms with E-state index in [2.05, 4.69) is 5.32 Å². The highest BCUT2D eigenvalue weighted by Crippen LogP contribution is 2.17. The molecule has 1 amide bonds. The number of carboxylic acids is 1. The number of aliphatic carboxylic acids is 1. The van der Waals surface area contributed by atoms with Crippen LogP contribution >= 0.6 is 11.6 Å². The van der Waals surface area contributed by atoms with Crippen LogP contribution in [0.4, 0.5) is 4.39 Å². The van der Waals surface area contributed by atoms with Crippen molar-refractivity contribution in [3.8, 4) is 0 Å². The summed E-state index contributed by atoms with van der Waals surface area (Å²) in [4.78, 5) is 21.4. The monoisotopic (exact) mass is 245 g/mol. The third kappa shape index (κ3) is 3.86. The molecule has 0 heterocycles. The highest BCUT2D eigenvalue weighted by atomic mass is 35.5. The zero-order valence-electron chi connectivity index (χ0n) is 8.17. The van der Waals surface area contributed by atoms with Crippen LogP contribution < -0.4 is 5.32 Å². The summed E-state index contributed by atoms with van der Waals surface area (Å²) in [5.41, 5.74) is 0.324. The van der Waals surface area contributed by atoms with Crippen LogP contribution in [0.2, 0.25) is 5.02 Å². The summed E-state index contributed by atoms with van der Waals surface area (Å²) in [6, 6.07) is 3.67. The third-order valence-electron chi connectivity index (χ3n) is 1.80. The van der Waals surface area contributed by atoms with E-state index in [-0.39, 0.29) is 11.4 Å².